The fourth-order valence-corrected chi connectivity index (χ4v) is 5.76. The first-order chi connectivity index (χ1) is 11.1. The molecular formula is C15H23ClN2O4S2. The summed E-state index contributed by atoms with van der Waals surface area (Å²) in [5.41, 5.74) is -0.600. The van der Waals surface area contributed by atoms with Crippen molar-refractivity contribution in [3.05, 3.63) is 15.5 Å². The van der Waals surface area contributed by atoms with Crippen LogP contribution < -0.4 is 0 Å². The van der Waals surface area contributed by atoms with Gasteiger partial charge in [0.15, 0.2) is 14.3 Å². The number of amides is 1. The number of likely N-dealkylation sites (tertiary alicyclic amines) is 1. The molecule has 9 heteroatoms. The van der Waals surface area contributed by atoms with Gasteiger partial charge in [0.1, 0.15) is 5.60 Å². The normalized spacial score (nSPS) is 19.3. The van der Waals surface area contributed by atoms with Crippen molar-refractivity contribution in [2.24, 2.45) is 0 Å². The van der Waals surface area contributed by atoms with Gasteiger partial charge in [-0.25, -0.2) is 18.2 Å². The highest BCUT2D eigenvalue weighted by Crippen LogP contribution is 2.24. The van der Waals surface area contributed by atoms with Crippen LogP contribution in [0.4, 0.5) is 4.79 Å². The summed E-state index contributed by atoms with van der Waals surface area (Å²) in [7, 11) is -3.37. The molecule has 136 valence electrons. The fourth-order valence-electron chi connectivity index (χ4n) is 2.65. The molecule has 2 rings (SSSR count). The van der Waals surface area contributed by atoms with E-state index in [1.165, 1.54) is 6.20 Å². The molecule has 1 saturated heterocycles. The number of sulfone groups is 1. The molecule has 2 heterocycles. The van der Waals surface area contributed by atoms with Crippen molar-refractivity contribution >= 4 is 38.9 Å². The van der Waals surface area contributed by atoms with Gasteiger partial charge in [-0.05, 0) is 40.0 Å². The Balaban J connectivity index is 2.05. The Bertz CT molecular complexity index is 682. The average molecular weight is 395 g/mol. The van der Waals surface area contributed by atoms with Crippen LogP contribution in [0.1, 0.15) is 44.9 Å². The summed E-state index contributed by atoms with van der Waals surface area (Å²) in [4.78, 5) is 18.4. The number of hydrogen-bond acceptors (Lipinski definition) is 6. The third kappa shape index (κ3) is 5.89. The number of carbonyl (C=O) groups excluding carboxylic acids is 1. The van der Waals surface area contributed by atoms with E-state index in [4.69, 9.17) is 16.3 Å². The molecular weight excluding hydrogens is 372 g/mol. The smallest absolute Gasteiger partial charge is 0.410 e. The number of hydrogen-bond donors (Lipinski definition) is 0. The zero-order valence-electron chi connectivity index (χ0n) is 14.1. The Morgan fingerprint density at radius 1 is 1.46 bits per heavy atom. The fraction of sp³-hybridized carbons (Fsp3) is 0.733. The molecule has 0 saturated carbocycles. The summed E-state index contributed by atoms with van der Waals surface area (Å²) in [6.45, 7) is 5.93. The van der Waals surface area contributed by atoms with E-state index in [0.717, 1.165) is 24.2 Å². The topological polar surface area (TPSA) is 76.6 Å². The molecule has 1 aliphatic rings. The monoisotopic (exact) mass is 394 g/mol. The first-order valence-electron chi connectivity index (χ1n) is 7.86. The zero-order valence-corrected chi connectivity index (χ0v) is 16.5. The Kier molecular flexibility index (Phi) is 6.14. The maximum atomic E-state index is 12.5. The van der Waals surface area contributed by atoms with E-state index in [0.29, 0.717) is 22.3 Å². The van der Waals surface area contributed by atoms with Gasteiger partial charge < -0.3 is 9.64 Å². The second kappa shape index (κ2) is 7.58. The molecule has 0 aromatic carbocycles. The summed E-state index contributed by atoms with van der Waals surface area (Å²) in [6.07, 6.45) is 3.48. The summed E-state index contributed by atoms with van der Waals surface area (Å²) < 4.78 is 30.7. The quantitative estimate of drug-likeness (QED) is 0.781. The second-order valence-electron chi connectivity index (χ2n) is 6.96. The van der Waals surface area contributed by atoms with Crippen LogP contribution in [-0.4, -0.2) is 48.3 Å². The molecule has 1 fully saturated rings. The van der Waals surface area contributed by atoms with E-state index >= 15 is 0 Å². The summed E-state index contributed by atoms with van der Waals surface area (Å²) in [5, 5.41) is 0. The van der Waals surface area contributed by atoms with Crippen LogP contribution in [0, 0.1) is 0 Å². The maximum Gasteiger partial charge on any atom is 0.410 e. The molecule has 0 N–H and O–H groups in total. The van der Waals surface area contributed by atoms with Gasteiger partial charge in [0.05, 0.1) is 11.5 Å². The van der Waals surface area contributed by atoms with Crippen LogP contribution in [0.5, 0.6) is 0 Å². The molecule has 1 unspecified atom stereocenters. The van der Waals surface area contributed by atoms with Crippen LogP contribution in [-0.2, 0) is 20.3 Å². The number of piperidine rings is 1. The van der Waals surface area contributed by atoms with Crippen molar-refractivity contribution in [3.8, 4) is 0 Å². The molecule has 0 spiro atoms. The van der Waals surface area contributed by atoms with Crippen molar-refractivity contribution in [1.29, 1.82) is 0 Å². The molecule has 1 aliphatic heterocycles. The van der Waals surface area contributed by atoms with Gasteiger partial charge in [-0.15, -0.1) is 11.3 Å². The number of ether oxygens (including phenoxy) is 1. The zero-order chi connectivity index (χ0) is 18.0. The largest absolute Gasteiger partial charge is 0.444 e. The van der Waals surface area contributed by atoms with Gasteiger partial charge >= 0.3 is 6.09 Å². The number of nitrogens with zero attached hydrogens (tertiary/aromatic N) is 2. The highest BCUT2D eigenvalue weighted by atomic mass is 35.5. The summed E-state index contributed by atoms with van der Waals surface area (Å²) in [5.74, 6) is -0.169. The molecule has 1 amide bonds. The van der Waals surface area contributed by atoms with E-state index in [2.05, 4.69) is 4.98 Å². The second-order valence-corrected chi connectivity index (χ2v) is 10.8. The van der Waals surface area contributed by atoms with Crippen LogP contribution in [0.2, 0.25) is 4.47 Å². The lowest BCUT2D eigenvalue weighted by Crippen LogP contribution is -2.49. The third-order valence-electron chi connectivity index (χ3n) is 3.59. The lowest BCUT2D eigenvalue weighted by molar-refractivity contribution is 0.0124. The first-order valence-corrected chi connectivity index (χ1v) is 10.9. The first kappa shape index (κ1) is 19.5. The third-order valence-corrected chi connectivity index (χ3v) is 6.53. The van der Waals surface area contributed by atoms with Gasteiger partial charge in [0.2, 0.25) is 0 Å². The lowest BCUT2D eigenvalue weighted by atomic mass is 10.0. The minimum atomic E-state index is -3.37. The van der Waals surface area contributed by atoms with Gasteiger partial charge in [-0.1, -0.05) is 11.6 Å². The van der Waals surface area contributed by atoms with E-state index < -0.39 is 21.5 Å². The van der Waals surface area contributed by atoms with E-state index in [1.807, 2.05) is 0 Å². The highest BCUT2D eigenvalue weighted by molar-refractivity contribution is 7.90. The molecule has 0 aliphatic carbocycles. The van der Waals surface area contributed by atoms with Crippen LogP contribution in [0.15, 0.2) is 6.20 Å². The minimum Gasteiger partial charge on any atom is -0.444 e. The van der Waals surface area contributed by atoms with E-state index in [1.54, 1.807) is 25.7 Å². The van der Waals surface area contributed by atoms with Crippen molar-refractivity contribution in [1.82, 2.24) is 9.88 Å². The van der Waals surface area contributed by atoms with Gasteiger partial charge in [-0.3, -0.25) is 0 Å². The van der Waals surface area contributed by atoms with Crippen LogP contribution in [0.25, 0.3) is 0 Å². The van der Waals surface area contributed by atoms with Crippen molar-refractivity contribution in [2.45, 2.75) is 57.4 Å². The average Bonchev–Trinajstić information content (AvgIpc) is 2.81. The predicted molar refractivity (Wildman–Crippen MR) is 95.2 cm³/mol. The Morgan fingerprint density at radius 2 is 2.17 bits per heavy atom. The van der Waals surface area contributed by atoms with E-state index in [9.17, 15) is 13.2 Å². The standard InChI is InChI=1S/C15H23ClN2O4S2/c1-15(2,3)22-14(19)18-7-5-4-6-11(18)9-24(20,21)10-12-8-17-13(16)23-12/h8,11H,4-7,9-10H2,1-3H3. The molecule has 1 aromatic heterocycles. The van der Waals surface area contributed by atoms with Crippen molar-refractivity contribution in [3.63, 3.8) is 0 Å². The summed E-state index contributed by atoms with van der Waals surface area (Å²) in [6, 6.07) is -0.345. The molecule has 1 aromatic rings. The molecule has 0 bridgehead atoms. The van der Waals surface area contributed by atoms with Crippen molar-refractivity contribution < 1.29 is 17.9 Å². The Hall–Kier alpha value is -0.860. The molecule has 0 radical (unpaired) electrons. The lowest BCUT2D eigenvalue weighted by Gasteiger charge is -2.36. The molecule has 6 nitrogen and oxygen atoms in total. The van der Waals surface area contributed by atoms with Crippen LogP contribution >= 0.6 is 22.9 Å². The van der Waals surface area contributed by atoms with Gasteiger partial charge in [-0.2, -0.15) is 0 Å². The van der Waals surface area contributed by atoms with Crippen molar-refractivity contribution in [2.75, 3.05) is 12.3 Å². The molecule has 24 heavy (non-hydrogen) atoms. The number of aromatic nitrogens is 1. The predicted octanol–water partition coefficient (Wildman–Crippen LogP) is 3.50. The van der Waals surface area contributed by atoms with E-state index in [-0.39, 0.29) is 17.5 Å². The van der Waals surface area contributed by atoms with Gasteiger partial charge in [0, 0.05) is 23.7 Å². The maximum absolute atomic E-state index is 12.5. The number of carbonyl (C=O) groups is 1. The Labute approximate surface area is 152 Å². The highest BCUT2D eigenvalue weighted by Gasteiger charge is 2.33. The number of thiazole rings is 1. The SMILES string of the molecule is CC(C)(C)OC(=O)N1CCCCC1CS(=O)(=O)Cc1cnc(Cl)s1. The molecule has 1 atom stereocenters. The number of rotatable bonds is 4. The number of halogens is 1. The minimum absolute atomic E-state index is 0.0677. The van der Waals surface area contributed by atoms with Crippen LogP contribution in [0.3, 0.4) is 0 Å². The summed E-state index contributed by atoms with van der Waals surface area (Å²) >= 11 is 6.91. The Morgan fingerprint density at radius 3 is 2.75 bits per heavy atom. The van der Waals surface area contributed by atoms with Gasteiger partial charge in [0.25, 0.3) is 0 Å².